The number of nitrogens with zero attached hydrogens (tertiary/aromatic N) is 2. The van der Waals surface area contributed by atoms with E-state index in [-0.39, 0.29) is 43.1 Å². The molecule has 1 saturated carbocycles. The molecule has 31 heavy (non-hydrogen) atoms. The summed E-state index contributed by atoms with van der Waals surface area (Å²) in [6, 6.07) is 9.36. The maximum Gasteiger partial charge on any atom is 0.240 e. The van der Waals surface area contributed by atoms with Crippen molar-refractivity contribution in [3.63, 3.8) is 0 Å². The van der Waals surface area contributed by atoms with Crippen LogP contribution in [0.3, 0.4) is 0 Å². The molecule has 2 saturated heterocycles. The third-order valence-electron chi connectivity index (χ3n) is 7.48. The molecule has 2 aliphatic heterocycles. The van der Waals surface area contributed by atoms with Crippen molar-refractivity contribution in [1.82, 2.24) is 9.80 Å². The molecule has 4 rings (SSSR count). The van der Waals surface area contributed by atoms with Crippen LogP contribution < -0.4 is 0 Å². The Morgan fingerprint density at radius 3 is 2.42 bits per heavy atom. The highest BCUT2D eigenvalue weighted by molar-refractivity contribution is 6.10. The van der Waals surface area contributed by atoms with Gasteiger partial charge in [0.2, 0.25) is 17.7 Å². The lowest BCUT2D eigenvalue weighted by Crippen LogP contribution is -2.47. The minimum atomic E-state index is -1.11. The van der Waals surface area contributed by atoms with Crippen molar-refractivity contribution >= 4 is 17.7 Å². The molecule has 2 heterocycles. The molecular formula is C25H34N2O4. The normalized spacial score (nSPS) is 27.7. The van der Waals surface area contributed by atoms with Crippen LogP contribution in [0.5, 0.6) is 0 Å². The van der Waals surface area contributed by atoms with Gasteiger partial charge in [-0.25, -0.2) is 0 Å². The molecule has 1 aromatic carbocycles. The third kappa shape index (κ3) is 4.54. The number of carbonyl (C=O) groups excluding carboxylic acids is 3. The Balaban J connectivity index is 1.58. The van der Waals surface area contributed by atoms with E-state index in [2.05, 4.69) is 0 Å². The fourth-order valence-electron chi connectivity index (χ4n) is 5.65. The predicted octanol–water partition coefficient (Wildman–Crippen LogP) is 2.88. The van der Waals surface area contributed by atoms with Gasteiger partial charge in [0.25, 0.3) is 0 Å². The van der Waals surface area contributed by atoms with Crippen LogP contribution in [0.25, 0.3) is 0 Å². The van der Waals surface area contributed by atoms with Gasteiger partial charge in [-0.2, -0.15) is 0 Å². The van der Waals surface area contributed by atoms with Crippen LogP contribution >= 0.6 is 0 Å². The van der Waals surface area contributed by atoms with Gasteiger partial charge in [-0.15, -0.1) is 0 Å². The second-order valence-corrected chi connectivity index (χ2v) is 9.65. The first-order valence-electron chi connectivity index (χ1n) is 11.8. The summed E-state index contributed by atoms with van der Waals surface area (Å²) in [5.74, 6) is 0.00512. The first-order chi connectivity index (χ1) is 15.0. The summed E-state index contributed by atoms with van der Waals surface area (Å²) in [7, 11) is 0. The molecule has 168 valence electrons. The fourth-order valence-corrected chi connectivity index (χ4v) is 5.65. The van der Waals surface area contributed by atoms with E-state index in [1.807, 2.05) is 30.3 Å². The minimum Gasteiger partial charge on any atom is -0.396 e. The van der Waals surface area contributed by atoms with Gasteiger partial charge < -0.3 is 10.0 Å². The molecule has 0 aromatic heterocycles. The zero-order valence-electron chi connectivity index (χ0n) is 18.3. The number of hydrogen-bond acceptors (Lipinski definition) is 4. The summed E-state index contributed by atoms with van der Waals surface area (Å²) in [5.41, 5.74) is -0.362. The van der Waals surface area contributed by atoms with E-state index in [4.69, 9.17) is 0 Å². The number of aliphatic hydroxyl groups is 1. The molecule has 1 aliphatic carbocycles. The van der Waals surface area contributed by atoms with Crippen molar-refractivity contribution in [2.45, 2.75) is 63.2 Å². The van der Waals surface area contributed by atoms with E-state index in [0.29, 0.717) is 25.6 Å². The van der Waals surface area contributed by atoms with Crippen LogP contribution in [0.4, 0.5) is 0 Å². The van der Waals surface area contributed by atoms with Crippen LogP contribution in [0.2, 0.25) is 0 Å². The van der Waals surface area contributed by atoms with Crippen LogP contribution in [0, 0.1) is 11.8 Å². The monoisotopic (exact) mass is 426 g/mol. The molecule has 6 nitrogen and oxygen atoms in total. The average Bonchev–Trinajstić information content (AvgIpc) is 3.05. The highest BCUT2D eigenvalue weighted by Crippen LogP contribution is 2.41. The maximum atomic E-state index is 13.7. The molecule has 0 radical (unpaired) electrons. The Bertz CT molecular complexity index is 805. The van der Waals surface area contributed by atoms with Crippen molar-refractivity contribution < 1.29 is 19.5 Å². The summed E-state index contributed by atoms with van der Waals surface area (Å²) in [5, 5.41) is 9.53. The first-order valence-corrected chi connectivity index (χ1v) is 11.8. The van der Waals surface area contributed by atoms with Gasteiger partial charge in [0.05, 0.1) is 5.41 Å². The van der Waals surface area contributed by atoms with Gasteiger partial charge in [-0.05, 0) is 43.1 Å². The zero-order valence-corrected chi connectivity index (χ0v) is 18.3. The molecule has 6 heteroatoms. The molecule has 2 atom stereocenters. The lowest BCUT2D eigenvalue weighted by Gasteiger charge is -2.35. The number of piperidine rings is 1. The van der Waals surface area contributed by atoms with Gasteiger partial charge in [-0.3, -0.25) is 19.3 Å². The van der Waals surface area contributed by atoms with Gasteiger partial charge in [0, 0.05) is 39.1 Å². The van der Waals surface area contributed by atoms with E-state index >= 15 is 0 Å². The fraction of sp³-hybridized carbons (Fsp3) is 0.640. The molecule has 0 spiro atoms. The second-order valence-electron chi connectivity index (χ2n) is 9.65. The Hall–Kier alpha value is -2.21. The smallest absolute Gasteiger partial charge is 0.240 e. The molecule has 1 N–H and O–H groups in total. The van der Waals surface area contributed by atoms with E-state index in [0.717, 1.165) is 44.1 Å². The minimum absolute atomic E-state index is 0.0148. The standard InChI is InChI=1S/C25H34N2O4/c28-18-20-10-7-13-26(16-20)22(29)14-25(21-11-5-2-6-12-21)15-23(30)27(24(25)31)17-19-8-3-1-4-9-19/h2,5-6,11-12,19-20,28H,1,3-4,7-10,13-18H2/t20-,25+/m1/s1. The molecule has 3 amide bonds. The molecule has 0 unspecified atom stereocenters. The lowest BCUT2D eigenvalue weighted by atomic mass is 9.75. The van der Waals surface area contributed by atoms with Crippen LogP contribution in [-0.2, 0) is 19.8 Å². The Morgan fingerprint density at radius 2 is 1.71 bits per heavy atom. The Kier molecular flexibility index (Phi) is 6.75. The predicted molar refractivity (Wildman–Crippen MR) is 117 cm³/mol. The van der Waals surface area contributed by atoms with Gasteiger partial charge in [0.15, 0.2) is 0 Å². The molecule has 3 fully saturated rings. The molecule has 0 bridgehead atoms. The number of carbonyl (C=O) groups is 3. The number of amides is 3. The van der Waals surface area contributed by atoms with Gasteiger partial charge in [0.1, 0.15) is 0 Å². The van der Waals surface area contributed by atoms with Crippen molar-refractivity contribution in [3.8, 4) is 0 Å². The first kappa shape index (κ1) is 22.0. The highest BCUT2D eigenvalue weighted by atomic mass is 16.3. The number of aliphatic hydroxyl groups excluding tert-OH is 1. The molecule has 1 aromatic rings. The van der Waals surface area contributed by atoms with Crippen molar-refractivity contribution in [1.29, 1.82) is 0 Å². The van der Waals surface area contributed by atoms with Gasteiger partial charge in [-0.1, -0.05) is 49.6 Å². The summed E-state index contributed by atoms with van der Waals surface area (Å²) in [4.78, 5) is 43.3. The third-order valence-corrected chi connectivity index (χ3v) is 7.48. The van der Waals surface area contributed by atoms with Crippen LogP contribution in [0.1, 0.15) is 63.4 Å². The number of imide groups is 1. The van der Waals surface area contributed by atoms with E-state index in [1.165, 1.54) is 11.3 Å². The zero-order chi connectivity index (χ0) is 21.8. The number of benzene rings is 1. The number of rotatable bonds is 6. The highest BCUT2D eigenvalue weighted by Gasteiger charge is 2.54. The Morgan fingerprint density at radius 1 is 1.00 bits per heavy atom. The maximum absolute atomic E-state index is 13.7. The van der Waals surface area contributed by atoms with Crippen molar-refractivity contribution in [3.05, 3.63) is 35.9 Å². The lowest BCUT2D eigenvalue weighted by molar-refractivity contribution is -0.144. The SMILES string of the molecule is O=C(C[C@@]1(c2ccccc2)CC(=O)N(CC2CCCCC2)C1=O)N1CCC[C@@H](CO)C1. The summed E-state index contributed by atoms with van der Waals surface area (Å²) in [6.07, 6.45) is 7.51. The Labute approximate surface area is 184 Å². The van der Waals surface area contributed by atoms with Crippen molar-refractivity contribution in [2.75, 3.05) is 26.2 Å². The number of hydrogen-bond donors (Lipinski definition) is 1. The van der Waals surface area contributed by atoms with Crippen molar-refractivity contribution in [2.24, 2.45) is 11.8 Å². The van der Waals surface area contributed by atoms with E-state index in [9.17, 15) is 19.5 Å². The van der Waals surface area contributed by atoms with Crippen LogP contribution in [0.15, 0.2) is 30.3 Å². The summed E-state index contributed by atoms with van der Waals surface area (Å²) in [6.45, 7) is 1.72. The topological polar surface area (TPSA) is 77.9 Å². The average molecular weight is 427 g/mol. The summed E-state index contributed by atoms with van der Waals surface area (Å²) < 4.78 is 0. The second kappa shape index (κ2) is 9.51. The molecule has 3 aliphatic rings. The largest absolute Gasteiger partial charge is 0.396 e. The summed E-state index contributed by atoms with van der Waals surface area (Å²) >= 11 is 0. The van der Waals surface area contributed by atoms with E-state index < -0.39 is 5.41 Å². The van der Waals surface area contributed by atoms with Gasteiger partial charge >= 0.3 is 0 Å². The number of likely N-dealkylation sites (tertiary alicyclic amines) is 2. The van der Waals surface area contributed by atoms with Crippen LogP contribution in [-0.4, -0.2) is 58.9 Å². The molecular weight excluding hydrogens is 392 g/mol. The van der Waals surface area contributed by atoms with E-state index in [1.54, 1.807) is 4.90 Å². The quantitative estimate of drug-likeness (QED) is 0.710.